The van der Waals surface area contributed by atoms with Crippen molar-refractivity contribution in [2.24, 2.45) is 0 Å². The molecule has 1 aromatic heterocycles. The molecule has 1 aromatic rings. The molecule has 0 N–H and O–H groups in total. The fourth-order valence-electron chi connectivity index (χ4n) is 2.04. The summed E-state index contributed by atoms with van der Waals surface area (Å²) in [5, 5.41) is 0. The van der Waals surface area contributed by atoms with E-state index in [4.69, 9.17) is 0 Å². The highest BCUT2D eigenvalue weighted by molar-refractivity contribution is 5.30. The van der Waals surface area contributed by atoms with Crippen LogP contribution in [0.3, 0.4) is 0 Å². The van der Waals surface area contributed by atoms with Crippen LogP contribution >= 0.6 is 0 Å². The molecule has 0 spiro atoms. The van der Waals surface area contributed by atoms with Crippen molar-refractivity contribution < 1.29 is 0 Å². The fourth-order valence-corrected chi connectivity index (χ4v) is 2.04. The third-order valence-corrected chi connectivity index (χ3v) is 2.67. The summed E-state index contributed by atoms with van der Waals surface area (Å²) >= 11 is 0. The summed E-state index contributed by atoms with van der Waals surface area (Å²) in [6.45, 7) is 10.5. The molecule has 1 aliphatic rings. The lowest BCUT2D eigenvalue weighted by molar-refractivity contribution is 0.654. The predicted octanol–water partition coefficient (Wildman–Crippen LogP) is 3.42. The van der Waals surface area contributed by atoms with Gasteiger partial charge in [0.05, 0.1) is 5.69 Å². The van der Waals surface area contributed by atoms with E-state index in [1.165, 1.54) is 17.7 Å². The highest BCUT2D eigenvalue weighted by Gasteiger charge is 2.26. The number of fused-ring (bicyclic) bond motifs is 1. The fraction of sp³-hybridized carbons (Fsp3) is 0.667. The summed E-state index contributed by atoms with van der Waals surface area (Å²) in [7, 11) is 0. The molecule has 0 fully saturated rings. The molecule has 0 saturated carbocycles. The van der Waals surface area contributed by atoms with Crippen molar-refractivity contribution >= 4 is 0 Å². The largest absolute Gasteiger partial charge is 0.241 e. The van der Waals surface area contributed by atoms with Gasteiger partial charge in [0.25, 0.3) is 0 Å². The van der Waals surface area contributed by atoms with Gasteiger partial charge in [0.15, 0.2) is 0 Å². The lowest BCUT2D eigenvalue weighted by atomic mass is 10.1. The van der Waals surface area contributed by atoms with Crippen LogP contribution < -0.4 is 0 Å². The van der Waals surface area contributed by atoms with Gasteiger partial charge in [-0.15, -0.1) is 0 Å². The van der Waals surface area contributed by atoms with Gasteiger partial charge in [0.1, 0.15) is 5.82 Å². The van der Waals surface area contributed by atoms with Crippen molar-refractivity contribution in [3.8, 4) is 0 Å². The smallest absolute Gasteiger partial charge is 0.125 e. The van der Waals surface area contributed by atoms with Gasteiger partial charge in [-0.1, -0.05) is 27.7 Å². The molecule has 0 aromatic carbocycles. The third kappa shape index (κ3) is 1.94. The normalized spacial score (nSPS) is 23.8. The average Bonchev–Trinajstić information content (AvgIpc) is 2.46. The second-order valence-electron chi connectivity index (χ2n) is 3.80. The summed E-state index contributed by atoms with van der Waals surface area (Å²) in [5.41, 5.74) is 2.63. The van der Waals surface area contributed by atoms with E-state index in [9.17, 15) is 0 Å². The first-order valence-corrected chi connectivity index (χ1v) is 5.52. The van der Waals surface area contributed by atoms with Crippen LogP contribution in [0.25, 0.3) is 0 Å². The van der Waals surface area contributed by atoms with E-state index >= 15 is 0 Å². The Kier molecular flexibility index (Phi) is 3.62. The van der Waals surface area contributed by atoms with Crippen LogP contribution in [-0.2, 0) is 0 Å². The van der Waals surface area contributed by atoms with Crippen molar-refractivity contribution in [1.82, 2.24) is 9.97 Å². The molecule has 2 heteroatoms. The first kappa shape index (κ1) is 11.2. The van der Waals surface area contributed by atoms with Crippen LogP contribution in [0.2, 0.25) is 0 Å². The maximum atomic E-state index is 4.47. The molecule has 0 amide bonds. The minimum atomic E-state index is 0.622. The molecule has 0 bridgehead atoms. The highest BCUT2D eigenvalue weighted by Crippen LogP contribution is 2.39. The van der Waals surface area contributed by atoms with Gasteiger partial charge >= 0.3 is 0 Å². The molecule has 2 atom stereocenters. The molecular formula is C12H20N2. The number of hydrogen-bond acceptors (Lipinski definition) is 2. The number of aryl methyl sites for hydroxylation is 1. The molecule has 0 aliphatic heterocycles. The van der Waals surface area contributed by atoms with Gasteiger partial charge in [-0.3, -0.25) is 0 Å². The van der Waals surface area contributed by atoms with Gasteiger partial charge < -0.3 is 0 Å². The highest BCUT2D eigenvalue weighted by atomic mass is 14.9. The van der Waals surface area contributed by atoms with Crippen molar-refractivity contribution in [3.63, 3.8) is 0 Å². The van der Waals surface area contributed by atoms with E-state index in [0.717, 1.165) is 5.82 Å². The summed E-state index contributed by atoms with van der Waals surface area (Å²) in [4.78, 5) is 8.70. The average molecular weight is 192 g/mol. The minimum absolute atomic E-state index is 0.622. The molecule has 2 rings (SSSR count). The van der Waals surface area contributed by atoms with Crippen LogP contribution in [0.4, 0.5) is 0 Å². The Balaban J connectivity index is 0.000000461. The maximum Gasteiger partial charge on any atom is 0.125 e. The van der Waals surface area contributed by atoms with Gasteiger partial charge in [-0.05, 0) is 30.7 Å². The summed E-state index contributed by atoms with van der Waals surface area (Å²) in [6.07, 6.45) is 3.22. The topological polar surface area (TPSA) is 25.8 Å². The molecule has 78 valence electrons. The monoisotopic (exact) mass is 192 g/mol. The summed E-state index contributed by atoms with van der Waals surface area (Å²) in [6, 6.07) is 0. The Labute approximate surface area is 86.8 Å². The van der Waals surface area contributed by atoms with Crippen LogP contribution in [0.15, 0.2) is 6.20 Å². The van der Waals surface area contributed by atoms with Gasteiger partial charge in [0.2, 0.25) is 0 Å². The van der Waals surface area contributed by atoms with Crippen molar-refractivity contribution in [3.05, 3.63) is 23.3 Å². The quantitative estimate of drug-likeness (QED) is 0.629. The molecule has 2 unspecified atom stereocenters. The van der Waals surface area contributed by atoms with Crippen molar-refractivity contribution in [2.45, 2.75) is 52.9 Å². The molecule has 1 aliphatic carbocycles. The Morgan fingerprint density at radius 1 is 1.21 bits per heavy atom. The van der Waals surface area contributed by atoms with Crippen LogP contribution in [0.1, 0.15) is 63.0 Å². The first-order chi connectivity index (χ1) is 6.68. The minimum Gasteiger partial charge on any atom is -0.241 e. The second-order valence-corrected chi connectivity index (χ2v) is 3.80. The van der Waals surface area contributed by atoms with E-state index < -0.39 is 0 Å². The van der Waals surface area contributed by atoms with Crippen molar-refractivity contribution in [2.75, 3.05) is 0 Å². The number of hydrogen-bond donors (Lipinski definition) is 0. The molecule has 2 nitrogen and oxygen atoms in total. The lowest BCUT2D eigenvalue weighted by Crippen LogP contribution is -1.96. The van der Waals surface area contributed by atoms with Crippen molar-refractivity contribution in [1.29, 1.82) is 0 Å². The molecular weight excluding hydrogens is 172 g/mol. The zero-order valence-electron chi connectivity index (χ0n) is 9.83. The van der Waals surface area contributed by atoms with E-state index in [0.29, 0.717) is 11.8 Å². The van der Waals surface area contributed by atoms with E-state index in [1.54, 1.807) is 0 Å². The Bertz CT molecular complexity index is 307. The van der Waals surface area contributed by atoms with Crippen LogP contribution in [-0.4, -0.2) is 9.97 Å². The summed E-state index contributed by atoms with van der Waals surface area (Å²) in [5.74, 6) is 2.17. The zero-order valence-corrected chi connectivity index (χ0v) is 9.83. The second kappa shape index (κ2) is 4.54. The lowest BCUT2D eigenvalue weighted by Gasteiger charge is -2.02. The maximum absolute atomic E-state index is 4.47. The Morgan fingerprint density at radius 3 is 2.50 bits per heavy atom. The van der Waals surface area contributed by atoms with E-state index in [-0.39, 0.29) is 0 Å². The first-order valence-electron chi connectivity index (χ1n) is 5.52. The number of nitrogens with zero attached hydrogens (tertiary/aromatic N) is 2. The van der Waals surface area contributed by atoms with Crippen LogP contribution in [0.5, 0.6) is 0 Å². The van der Waals surface area contributed by atoms with Gasteiger partial charge in [0, 0.05) is 6.20 Å². The van der Waals surface area contributed by atoms with Crippen LogP contribution in [0, 0.1) is 6.92 Å². The van der Waals surface area contributed by atoms with E-state index in [2.05, 4.69) is 23.8 Å². The Morgan fingerprint density at radius 2 is 1.86 bits per heavy atom. The predicted molar refractivity (Wildman–Crippen MR) is 59.6 cm³/mol. The molecule has 0 saturated heterocycles. The summed E-state index contributed by atoms with van der Waals surface area (Å²) < 4.78 is 0. The zero-order chi connectivity index (χ0) is 10.7. The van der Waals surface area contributed by atoms with E-state index in [1.807, 2.05) is 27.0 Å². The van der Waals surface area contributed by atoms with Gasteiger partial charge in [-0.25, -0.2) is 9.97 Å². The van der Waals surface area contributed by atoms with Gasteiger partial charge in [-0.2, -0.15) is 0 Å². The Hall–Kier alpha value is -0.920. The third-order valence-electron chi connectivity index (χ3n) is 2.67. The molecule has 1 heterocycles. The number of aromatic nitrogens is 2. The molecule has 14 heavy (non-hydrogen) atoms. The SMILES string of the molecule is CC.Cc1ncc2c(n1)C(C)CC2C. The standard InChI is InChI=1S/C10H14N2.C2H6/c1-6-4-7(2)10-9(6)5-11-8(3)12-10;1-2/h5-7H,4H2,1-3H3;1-2H3. The number of rotatable bonds is 0. The molecule has 0 radical (unpaired) electrons.